The molecule has 1 saturated heterocycles. The van der Waals surface area contributed by atoms with E-state index in [0.29, 0.717) is 32.6 Å². The molecule has 2 aliphatic rings. The summed E-state index contributed by atoms with van der Waals surface area (Å²) in [7, 11) is 0. The Morgan fingerprint density at radius 1 is 0.893 bits per heavy atom. The smallest absolute Gasteiger partial charge is 0.368 e. The fraction of sp³-hybridized carbons (Fsp3) is 0.381. The van der Waals surface area contributed by atoms with E-state index in [1.165, 1.54) is 24.3 Å². The molecule has 2 unspecified atom stereocenters. The molecule has 1 saturated carbocycles. The Bertz CT molecular complexity index is 840. The summed E-state index contributed by atoms with van der Waals surface area (Å²) in [4.78, 5) is 16.7. The van der Waals surface area contributed by atoms with Crippen molar-refractivity contribution < 1.29 is 22.4 Å². The van der Waals surface area contributed by atoms with Gasteiger partial charge in [-0.1, -0.05) is 12.1 Å². The predicted molar refractivity (Wildman–Crippen MR) is 97.5 cm³/mol. The van der Waals surface area contributed by atoms with Crippen LogP contribution in [0.15, 0.2) is 48.5 Å². The fourth-order valence-corrected chi connectivity index (χ4v) is 3.83. The fourth-order valence-electron chi connectivity index (χ4n) is 3.83. The molecular weight excluding hydrogens is 372 g/mol. The second-order valence-corrected chi connectivity index (χ2v) is 7.36. The molecular formula is C21H20F4N2O. The number of amides is 1. The van der Waals surface area contributed by atoms with Gasteiger partial charge >= 0.3 is 6.18 Å². The highest BCUT2D eigenvalue weighted by atomic mass is 19.4. The number of carbonyl (C=O) groups is 1. The first-order valence-electron chi connectivity index (χ1n) is 9.29. The highest BCUT2D eigenvalue weighted by Crippen LogP contribution is 2.49. The third-order valence-electron chi connectivity index (χ3n) is 5.56. The van der Waals surface area contributed by atoms with Crippen LogP contribution in [0.4, 0.5) is 23.2 Å². The number of anilines is 1. The maximum Gasteiger partial charge on any atom is 0.416 e. The Labute approximate surface area is 160 Å². The van der Waals surface area contributed by atoms with Crippen LogP contribution in [-0.4, -0.2) is 37.0 Å². The summed E-state index contributed by atoms with van der Waals surface area (Å²) >= 11 is 0. The standard InChI is InChI=1S/C21H20F4N2O/c22-16-5-7-17(8-6-16)26-9-11-27(12-10-26)20(28)19-13-18(19)14-1-3-15(4-2-14)21(23,24)25/h1-8,18-19H,9-13H2. The average molecular weight is 392 g/mol. The maximum atomic E-state index is 13.0. The molecule has 4 rings (SSSR count). The van der Waals surface area contributed by atoms with Gasteiger partial charge in [0, 0.05) is 37.8 Å². The number of rotatable bonds is 3. The van der Waals surface area contributed by atoms with E-state index in [9.17, 15) is 22.4 Å². The number of nitrogens with zero attached hydrogens (tertiary/aromatic N) is 2. The van der Waals surface area contributed by atoms with Crippen LogP contribution in [-0.2, 0) is 11.0 Å². The van der Waals surface area contributed by atoms with Crippen molar-refractivity contribution in [3.63, 3.8) is 0 Å². The topological polar surface area (TPSA) is 23.6 Å². The van der Waals surface area contributed by atoms with Crippen LogP contribution in [0.3, 0.4) is 0 Å². The van der Waals surface area contributed by atoms with E-state index in [4.69, 9.17) is 0 Å². The highest BCUT2D eigenvalue weighted by Gasteiger charge is 2.46. The van der Waals surface area contributed by atoms with Gasteiger partial charge in [-0.15, -0.1) is 0 Å². The SMILES string of the molecule is O=C(C1CC1c1ccc(C(F)(F)F)cc1)N1CCN(c2ccc(F)cc2)CC1. The van der Waals surface area contributed by atoms with Crippen molar-refractivity contribution in [3.05, 3.63) is 65.5 Å². The molecule has 2 aromatic carbocycles. The molecule has 1 aliphatic carbocycles. The molecule has 148 valence electrons. The van der Waals surface area contributed by atoms with Gasteiger partial charge in [0.15, 0.2) is 0 Å². The molecule has 7 heteroatoms. The Kier molecular flexibility index (Phi) is 4.77. The lowest BCUT2D eigenvalue weighted by Crippen LogP contribution is -2.49. The Hall–Kier alpha value is -2.57. The number of benzene rings is 2. The summed E-state index contributed by atoms with van der Waals surface area (Å²) in [6, 6.07) is 11.4. The average Bonchev–Trinajstić information content (AvgIpc) is 3.48. The quantitative estimate of drug-likeness (QED) is 0.728. The van der Waals surface area contributed by atoms with Crippen LogP contribution in [0.5, 0.6) is 0 Å². The molecule has 2 atom stereocenters. The van der Waals surface area contributed by atoms with E-state index < -0.39 is 11.7 Å². The molecule has 1 heterocycles. The third kappa shape index (κ3) is 3.84. The van der Waals surface area contributed by atoms with Gasteiger partial charge in [-0.05, 0) is 54.3 Å². The molecule has 1 aliphatic heterocycles. The van der Waals surface area contributed by atoms with Crippen molar-refractivity contribution in [2.45, 2.75) is 18.5 Å². The Morgan fingerprint density at radius 2 is 1.50 bits per heavy atom. The van der Waals surface area contributed by atoms with Crippen molar-refractivity contribution in [1.29, 1.82) is 0 Å². The summed E-state index contributed by atoms with van der Waals surface area (Å²) in [5.74, 6) is -0.344. The number of alkyl halides is 3. The second-order valence-electron chi connectivity index (χ2n) is 7.36. The highest BCUT2D eigenvalue weighted by molar-refractivity contribution is 5.83. The predicted octanol–water partition coefficient (Wildman–Crippen LogP) is 4.30. The summed E-state index contributed by atoms with van der Waals surface area (Å²) in [6.45, 7) is 2.53. The number of hydrogen-bond acceptors (Lipinski definition) is 2. The molecule has 0 N–H and O–H groups in total. The van der Waals surface area contributed by atoms with Crippen molar-refractivity contribution in [2.75, 3.05) is 31.1 Å². The van der Waals surface area contributed by atoms with E-state index in [0.717, 1.165) is 23.4 Å². The second kappa shape index (κ2) is 7.11. The summed E-state index contributed by atoms with van der Waals surface area (Å²) in [5.41, 5.74) is 1.05. The van der Waals surface area contributed by atoms with Gasteiger partial charge in [-0.25, -0.2) is 4.39 Å². The van der Waals surface area contributed by atoms with Crippen LogP contribution in [0.25, 0.3) is 0 Å². The Balaban J connectivity index is 1.32. The number of hydrogen-bond donors (Lipinski definition) is 0. The molecule has 0 spiro atoms. The summed E-state index contributed by atoms with van der Waals surface area (Å²) in [6.07, 6.45) is -3.66. The zero-order valence-corrected chi connectivity index (χ0v) is 15.1. The maximum absolute atomic E-state index is 13.0. The molecule has 1 amide bonds. The third-order valence-corrected chi connectivity index (χ3v) is 5.56. The molecule has 28 heavy (non-hydrogen) atoms. The van der Waals surface area contributed by atoms with E-state index in [1.54, 1.807) is 12.1 Å². The number of halogens is 4. The zero-order valence-electron chi connectivity index (χ0n) is 15.1. The first-order valence-corrected chi connectivity index (χ1v) is 9.29. The van der Waals surface area contributed by atoms with E-state index >= 15 is 0 Å². The molecule has 0 bridgehead atoms. The number of carbonyl (C=O) groups excluding carboxylic acids is 1. The van der Waals surface area contributed by atoms with Crippen LogP contribution in [0, 0.1) is 11.7 Å². The Morgan fingerprint density at radius 3 is 2.07 bits per heavy atom. The van der Waals surface area contributed by atoms with Gasteiger partial charge in [-0.3, -0.25) is 4.79 Å². The summed E-state index contributed by atoms with van der Waals surface area (Å²) < 4.78 is 51.1. The monoisotopic (exact) mass is 392 g/mol. The van der Waals surface area contributed by atoms with Crippen LogP contribution >= 0.6 is 0 Å². The van der Waals surface area contributed by atoms with Gasteiger partial charge in [-0.2, -0.15) is 13.2 Å². The van der Waals surface area contributed by atoms with E-state index in [2.05, 4.69) is 4.90 Å². The molecule has 3 nitrogen and oxygen atoms in total. The van der Waals surface area contributed by atoms with Gasteiger partial charge in [0.1, 0.15) is 5.82 Å². The lowest BCUT2D eigenvalue weighted by atomic mass is 10.1. The van der Waals surface area contributed by atoms with Crippen molar-refractivity contribution in [3.8, 4) is 0 Å². The molecule has 0 radical (unpaired) electrons. The van der Waals surface area contributed by atoms with Crippen LogP contribution in [0.1, 0.15) is 23.5 Å². The minimum absolute atomic E-state index is 0.00455. The van der Waals surface area contributed by atoms with E-state index in [-0.39, 0.29) is 23.6 Å². The first-order chi connectivity index (χ1) is 13.3. The van der Waals surface area contributed by atoms with Crippen molar-refractivity contribution in [2.24, 2.45) is 5.92 Å². The van der Waals surface area contributed by atoms with Crippen LogP contribution < -0.4 is 4.90 Å². The van der Waals surface area contributed by atoms with Crippen molar-refractivity contribution >= 4 is 11.6 Å². The lowest BCUT2D eigenvalue weighted by Gasteiger charge is -2.36. The van der Waals surface area contributed by atoms with Gasteiger partial charge < -0.3 is 9.80 Å². The summed E-state index contributed by atoms with van der Waals surface area (Å²) in [5, 5.41) is 0. The minimum Gasteiger partial charge on any atom is -0.368 e. The van der Waals surface area contributed by atoms with Gasteiger partial charge in [0.2, 0.25) is 5.91 Å². The lowest BCUT2D eigenvalue weighted by molar-refractivity contribution is -0.137. The van der Waals surface area contributed by atoms with Crippen molar-refractivity contribution in [1.82, 2.24) is 4.90 Å². The van der Waals surface area contributed by atoms with Crippen LogP contribution in [0.2, 0.25) is 0 Å². The largest absolute Gasteiger partial charge is 0.416 e. The van der Waals surface area contributed by atoms with E-state index in [1.807, 2.05) is 4.90 Å². The minimum atomic E-state index is -4.35. The zero-order chi connectivity index (χ0) is 19.9. The van der Waals surface area contributed by atoms with Gasteiger partial charge in [0.05, 0.1) is 5.56 Å². The normalized spacial score (nSPS) is 22.3. The molecule has 0 aromatic heterocycles. The molecule has 2 aromatic rings. The molecule has 2 fully saturated rings. The first kappa shape index (κ1) is 18.8. The number of piperazine rings is 1. The van der Waals surface area contributed by atoms with Gasteiger partial charge in [0.25, 0.3) is 0 Å².